The molecule has 0 aromatic heterocycles. The van der Waals surface area contributed by atoms with Gasteiger partial charge in [-0.25, -0.2) is 9.59 Å². The minimum atomic E-state index is -0.772. The van der Waals surface area contributed by atoms with E-state index in [2.05, 4.69) is 10.6 Å². The first-order valence-electron chi connectivity index (χ1n) is 9.22. The fourth-order valence-corrected chi connectivity index (χ4v) is 2.28. The lowest BCUT2D eigenvalue weighted by atomic mass is 10.1. The van der Waals surface area contributed by atoms with Gasteiger partial charge in [-0.05, 0) is 53.0 Å². The van der Waals surface area contributed by atoms with Crippen molar-refractivity contribution < 1.29 is 23.9 Å². The standard InChI is InChI=1S/C18H35N3O5/c1-6-7-10-13(21-17(24)26-18(2,3)4)15(22)20-14(16(23)25-5)11-8-9-12-19/h13-14H,6-12,19H2,1-5H3,(H,20,22)(H,21,24)/t13-,14?/m0/s1. The quantitative estimate of drug-likeness (QED) is 0.376. The second-order valence-electron chi connectivity index (χ2n) is 7.21. The average molecular weight is 373 g/mol. The maximum atomic E-state index is 12.6. The molecule has 0 saturated heterocycles. The third kappa shape index (κ3) is 10.9. The second-order valence-corrected chi connectivity index (χ2v) is 7.21. The minimum Gasteiger partial charge on any atom is -0.467 e. The van der Waals surface area contributed by atoms with Crippen LogP contribution in [0.2, 0.25) is 0 Å². The zero-order chi connectivity index (χ0) is 20.2. The van der Waals surface area contributed by atoms with E-state index in [9.17, 15) is 14.4 Å². The van der Waals surface area contributed by atoms with E-state index < -0.39 is 35.7 Å². The highest BCUT2D eigenvalue weighted by molar-refractivity contribution is 5.89. The van der Waals surface area contributed by atoms with Gasteiger partial charge in [0.1, 0.15) is 17.7 Å². The fraction of sp³-hybridized carbons (Fsp3) is 0.833. The predicted octanol–water partition coefficient (Wildman–Crippen LogP) is 1.86. The summed E-state index contributed by atoms with van der Waals surface area (Å²) < 4.78 is 9.97. The van der Waals surface area contributed by atoms with Gasteiger partial charge in [0, 0.05) is 0 Å². The maximum Gasteiger partial charge on any atom is 0.408 e. The molecule has 0 saturated carbocycles. The molecule has 4 N–H and O–H groups in total. The molecule has 0 aromatic rings. The molecule has 0 fully saturated rings. The van der Waals surface area contributed by atoms with Gasteiger partial charge in [-0.3, -0.25) is 4.79 Å². The monoisotopic (exact) mass is 373 g/mol. The van der Waals surface area contributed by atoms with Crippen LogP contribution < -0.4 is 16.4 Å². The summed E-state index contributed by atoms with van der Waals surface area (Å²) in [5.41, 5.74) is 4.81. The summed E-state index contributed by atoms with van der Waals surface area (Å²) in [4.78, 5) is 36.5. The van der Waals surface area contributed by atoms with Gasteiger partial charge in [-0.2, -0.15) is 0 Å². The molecule has 0 heterocycles. The number of rotatable bonds is 11. The van der Waals surface area contributed by atoms with Crippen molar-refractivity contribution in [2.75, 3.05) is 13.7 Å². The van der Waals surface area contributed by atoms with Gasteiger partial charge < -0.3 is 25.8 Å². The number of nitrogens with one attached hydrogen (secondary N) is 2. The SMILES string of the molecule is CCCC[C@H](NC(=O)OC(C)(C)C)C(=O)NC(CCCCN)C(=O)OC. The van der Waals surface area contributed by atoms with Crippen LogP contribution in [0, 0.1) is 0 Å². The van der Waals surface area contributed by atoms with E-state index in [1.165, 1.54) is 7.11 Å². The summed E-state index contributed by atoms with van der Waals surface area (Å²) in [6.07, 6.45) is 3.29. The third-order valence-electron chi connectivity index (χ3n) is 3.60. The zero-order valence-corrected chi connectivity index (χ0v) is 16.7. The van der Waals surface area contributed by atoms with Crippen molar-refractivity contribution in [3.63, 3.8) is 0 Å². The first kappa shape index (κ1) is 24.2. The molecule has 0 bridgehead atoms. The van der Waals surface area contributed by atoms with Gasteiger partial charge in [0.15, 0.2) is 0 Å². The molecule has 0 aliphatic heterocycles. The minimum absolute atomic E-state index is 0.424. The molecule has 0 radical (unpaired) electrons. The Labute approximate surface area is 156 Å². The Morgan fingerprint density at radius 3 is 2.12 bits per heavy atom. The van der Waals surface area contributed by atoms with E-state index in [4.69, 9.17) is 15.2 Å². The number of hydrogen-bond acceptors (Lipinski definition) is 6. The summed E-state index contributed by atoms with van der Waals surface area (Å²) >= 11 is 0. The Kier molecular flexibility index (Phi) is 11.6. The van der Waals surface area contributed by atoms with E-state index in [1.54, 1.807) is 20.8 Å². The smallest absolute Gasteiger partial charge is 0.408 e. The highest BCUT2D eigenvalue weighted by Gasteiger charge is 2.28. The van der Waals surface area contributed by atoms with Crippen molar-refractivity contribution in [1.82, 2.24) is 10.6 Å². The number of carbonyl (C=O) groups excluding carboxylic acids is 3. The van der Waals surface area contributed by atoms with Gasteiger partial charge in [0.2, 0.25) is 5.91 Å². The van der Waals surface area contributed by atoms with Crippen LogP contribution in [-0.2, 0) is 19.1 Å². The van der Waals surface area contributed by atoms with Crippen LogP contribution in [-0.4, -0.2) is 49.3 Å². The Balaban J connectivity index is 4.94. The van der Waals surface area contributed by atoms with Crippen molar-refractivity contribution in [3.05, 3.63) is 0 Å². The van der Waals surface area contributed by atoms with Gasteiger partial charge >= 0.3 is 12.1 Å². The highest BCUT2D eigenvalue weighted by atomic mass is 16.6. The zero-order valence-electron chi connectivity index (χ0n) is 16.7. The van der Waals surface area contributed by atoms with Crippen molar-refractivity contribution >= 4 is 18.0 Å². The highest BCUT2D eigenvalue weighted by Crippen LogP contribution is 2.09. The first-order chi connectivity index (χ1) is 12.1. The fourth-order valence-electron chi connectivity index (χ4n) is 2.28. The van der Waals surface area contributed by atoms with Gasteiger partial charge in [0.05, 0.1) is 7.11 Å². The van der Waals surface area contributed by atoms with Crippen LogP contribution >= 0.6 is 0 Å². The molecule has 0 rings (SSSR count). The topological polar surface area (TPSA) is 120 Å². The van der Waals surface area contributed by atoms with Crippen LogP contribution in [0.25, 0.3) is 0 Å². The molecule has 8 heteroatoms. The summed E-state index contributed by atoms with van der Waals surface area (Å²) in [5, 5.41) is 5.27. The number of nitrogens with two attached hydrogens (primary N) is 1. The molecule has 0 aliphatic rings. The molecule has 8 nitrogen and oxygen atoms in total. The van der Waals surface area contributed by atoms with E-state index in [1.807, 2.05) is 6.92 Å². The van der Waals surface area contributed by atoms with E-state index in [0.717, 1.165) is 19.3 Å². The Morgan fingerprint density at radius 2 is 1.62 bits per heavy atom. The number of amides is 2. The van der Waals surface area contributed by atoms with E-state index >= 15 is 0 Å². The molecular formula is C18H35N3O5. The molecule has 0 aliphatic carbocycles. The number of carbonyl (C=O) groups is 3. The second kappa shape index (κ2) is 12.5. The van der Waals surface area contributed by atoms with Crippen molar-refractivity contribution in [1.29, 1.82) is 0 Å². The van der Waals surface area contributed by atoms with Crippen LogP contribution in [0.5, 0.6) is 0 Å². The molecular weight excluding hydrogens is 338 g/mol. The lowest BCUT2D eigenvalue weighted by Gasteiger charge is -2.24. The van der Waals surface area contributed by atoms with Gasteiger partial charge in [0.25, 0.3) is 0 Å². The van der Waals surface area contributed by atoms with E-state index in [-0.39, 0.29) is 0 Å². The number of unbranched alkanes of at least 4 members (excludes halogenated alkanes) is 2. The molecule has 1 unspecified atom stereocenters. The van der Waals surface area contributed by atoms with Crippen molar-refractivity contribution in [3.8, 4) is 0 Å². The summed E-state index contributed by atoms with van der Waals surface area (Å²) in [6.45, 7) is 7.75. The van der Waals surface area contributed by atoms with Crippen molar-refractivity contribution in [2.24, 2.45) is 5.73 Å². The Morgan fingerprint density at radius 1 is 1.00 bits per heavy atom. The van der Waals surface area contributed by atoms with Crippen LogP contribution in [0.1, 0.15) is 66.2 Å². The molecule has 0 aromatic carbocycles. The van der Waals surface area contributed by atoms with Crippen LogP contribution in [0.4, 0.5) is 4.79 Å². The van der Waals surface area contributed by atoms with Gasteiger partial charge in [-0.1, -0.05) is 19.8 Å². The molecule has 152 valence electrons. The van der Waals surface area contributed by atoms with E-state index in [0.29, 0.717) is 25.8 Å². The molecule has 2 amide bonds. The maximum absolute atomic E-state index is 12.6. The lowest BCUT2D eigenvalue weighted by molar-refractivity contribution is -0.145. The largest absolute Gasteiger partial charge is 0.467 e. The average Bonchev–Trinajstić information content (AvgIpc) is 2.55. The lowest BCUT2D eigenvalue weighted by Crippen LogP contribution is -2.52. The van der Waals surface area contributed by atoms with Crippen LogP contribution in [0.15, 0.2) is 0 Å². The van der Waals surface area contributed by atoms with Crippen molar-refractivity contribution in [2.45, 2.75) is 83.9 Å². The summed E-state index contributed by atoms with van der Waals surface area (Å²) in [6, 6.07) is -1.53. The number of ether oxygens (including phenoxy) is 2. The molecule has 26 heavy (non-hydrogen) atoms. The Hall–Kier alpha value is -1.83. The predicted molar refractivity (Wildman–Crippen MR) is 99.5 cm³/mol. The number of esters is 1. The molecule has 0 spiro atoms. The summed E-state index contributed by atoms with van der Waals surface area (Å²) in [7, 11) is 1.28. The van der Waals surface area contributed by atoms with Gasteiger partial charge in [-0.15, -0.1) is 0 Å². The summed E-state index contributed by atoms with van der Waals surface area (Å²) in [5.74, 6) is -0.936. The third-order valence-corrected chi connectivity index (χ3v) is 3.60. The number of methoxy groups -OCH3 is 1. The molecule has 2 atom stereocenters. The van der Waals surface area contributed by atoms with Crippen LogP contribution in [0.3, 0.4) is 0 Å². The number of hydrogen-bond donors (Lipinski definition) is 3. The Bertz CT molecular complexity index is 449. The first-order valence-corrected chi connectivity index (χ1v) is 9.22. The normalized spacial score (nSPS) is 13.5. The number of alkyl carbamates (subject to hydrolysis) is 1.